The number of anilines is 1. The zero-order valence-electron chi connectivity index (χ0n) is 18.5. The van der Waals surface area contributed by atoms with E-state index in [1.165, 1.54) is 0 Å². The molecule has 2 aliphatic rings. The Morgan fingerprint density at radius 2 is 1.81 bits per heavy atom. The molecule has 2 aromatic rings. The lowest BCUT2D eigenvalue weighted by Crippen LogP contribution is -2.41. The molecule has 0 aliphatic carbocycles. The van der Waals surface area contributed by atoms with Crippen molar-refractivity contribution >= 4 is 11.9 Å². The zero-order chi connectivity index (χ0) is 21.6. The third-order valence-electron chi connectivity index (χ3n) is 6.47. The SMILES string of the molecule is CCC(CC)C(=O)N1CCC(c2nc(N3CCOCC3)ncc2-c2cnccn2)CC1. The van der Waals surface area contributed by atoms with Gasteiger partial charge in [0.25, 0.3) is 0 Å². The Labute approximate surface area is 184 Å². The monoisotopic (exact) mass is 424 g/mol. The molecule has 8 nitrogen and oxygen atoms in total. The molecule has 4 heterocycles. The first-order chi connectivity index (χ1) is 15.2. The average Bonchev–Trinajstić information content (AvgIpc) is 2.85. The van der Waals surface area contributed by atoms with Crippen LogP contribution in [0.25, 0.3) is 11.3 Å². The maximum Gasteiger partial charge on any atom is 0.225 e. The number of hydrogen-bond acceptors (Lipinski definition) is 7. The van der Waals surface area contributed by atoms with Crippen LogP contribution in [0.4, 0.5) is 5.95 Å². The summed E-state index contributed by atoms with van der Waals surface area (Å²) in [6.07, 6.45) is 10.6. The van der Waals surface area contributed by atoms with Crippen LogP contribution in [-0.2, 0) is 9.53 Å². The molecule has 166 valence electrons. The Bertz CT molecular complexity index is 860. The molecule has 0 spiro atoms. The highest BCUT2D eigenvalue weighted by Gasteiger charge is 2.30. The van der Waals surface area contributed by atoms with Crippen LogP contribution in [0.2, 0.25) is 0 Å². The third-order valence-corrected chi connectivity index (χ3v) is 6.47. The van der Waals surface area contributed by atoms with E-state index in [2.05, 4.69) is 33.7 Å². The second kappa shape index (κ2) is 10.1. The van der Waals surface area contributed by atoms with Crippen molar-refractivity contribution in [2.24, 2.45) is 5.92 Å². The quantitative estimate of drug-likeness (QED) is 0.705. The van der Waals surface area contributed by atoms with Gasteiger partial charge in [0.05, 0.1) is 30.8 Å². The van der Waals surface area contributed by atoms with Gasteiger partial charge in [-0.2, -0.15) is 0 Å². The summed E-state index contributed by atoms with van der Waals surface area (Å²) in [5.41, 5.74) is 2.75. The minimum atomic E-state index is 0.138. The van der Waals surface area contributed by atoms with E-state index in [-0.39, 0.29) is 11.8 Å². The van der Waals surface area contributed by atoms with Crippen LogP contribution in [-0.4, -0.2) is 70.1 Å². The molecular formula is C23H32N6O2. The average molecular weight is 425 g/mol. The number of nitrogens with zero attached hydrogens (tertiary/aromatic N) is 6. The fourth-order valence-electron chi connectivity index (χ4n) is 4.52. The summed E-state index contributed by atoms with van der Waals surface area (Å²) in [5, 5.41) is 0. The highest BCUT2D eigenvalue weighted by molar-refractivity contribution is 5.78. The lowest BCUT2D eigenvalue weighted by atomic mass is 9.89. The predicted octanol–water partition coefficient (Wildman–Crippen LogP) is 2.91. The first kappa shape index (κ1) is 21.6. The molecule has 0 unspecified atom stereocenters. The number of amides is 1. The summed E-state index contributed by atoms with van der Waals surface area (Å²) in [5.74, 6) is 1.46. The summed E-state index contributed by atoms with van der Waals surface area (Å²) in [4.78, 5) is 35.4. The van der Waals surface area contributed by atoms with Crippen molar-refractivity contribution in [3.05, 3.63) is 30.5 Å². The number of aromatic nitrogens is 4. The molecule has 0 radical (unpaired) electrons. The van der Waals surface area contributed by atoms with Gasteiger partial charge in [-0.3, -0.25) is 14.8 Å². The summed E-state index contributed by atoms with van der Waals surface area (Å²) in [7, 11) is 0. The Balaban J connectivity index is 1.57. The fourth-order valence-corrected chi connectivity index (χ4v) is 4.52. The van der Waals surface area contributed by atoms with Crippen LogP contribution < -0.4 is 4.90 Å². The molecule has 8 heteroatoms. The van der Waals surface area contributed by atoms with Gasteiger partial charge in [0.15, 0.2) is 0 Å². The van der Waals surface area contributed by atoms with E-state index >= 15 is 0 Å². The largest absolute Gasteiger partial charge is 0.378 e. The van der Waals surface area contributed by atoms with E-state index in [4.69, 9.17) is 9.72 Å². The molecule has 2 saturated heterocycles. The van der Waals surface area contributed by atoms with Crippen molar-refractivity contribution in [1.82, 2.24) is 24.8 Å². The third kappa shape index (κ3) is 4.84. The van der Waals surface area contributed by atoms with Gasteiger partial charge in [0.2, 0.25) is 11.9 Å². The second-order valence-corrected chi connectivity index (χ2v) is 8.27. The van der Waals surface area contributed by atoms with Gasteiger partial charge in [-0.15, -0.1) is 0 Å². The van der Waals surface area contributed by atoms with Crippen molar-refractivity contribution in [2.45, 2.75) is 45.4 Å². The van der Waals surface area contributed by atoms with Gasteiger partial charge in [0, 0.05) is 62.2 Å². The molecule has 31 heavy (non-hydrogen) atoms. The molecule has 2 aromatic heterocycles. The van der Waals surface area contributed by atoms with Crippen LogP contribution in [0.5, 0.6) is 0 Å². The normalized spacial score (nSPS) is 17.9. The molecule has 4 rings (SSSR count). The van der Waals surface area contributed by atoms with Gasteiger partial charge in [-0.1, -0.05) is 13.8 Å². The van der Waals surface area contributed by atoms with Gasteiger partial charge < -0.3 is 14.5 Å². The number of piperidine rings is 1. The summed E-state index contributed by atoms with van der Waals surface area (Å²) in [6, 6.07) is 0. The van der Waals surface area contributed by atoms with Crippen molar-refractivity contribution in [2.75, 3.05) is 44.3 Å². The van der Waals surface area contributed by atoms with Gasteiger partial charge >= 0.3 is 0 Å². The Morgan fingerprint density at radius 1 is 1.06 bits per heavy atom. The molecule has 1 amide bonds. The van der Waals surface area contributed by atoms with E-state index < -0.39 is 0 Å². The maximum atomic E-state index is 12.8. The molecule has 0 atom stereocenters. The highest BCUT2D eigenvalue weighted by atomic mass is 16.5. The van der Waals surface area contributed by atoms with Crippen molar-refractivity contribution in [3.63, 3.8) is 0 Å². The number of likely N-dealkylation sites (tertiary alicyclic amines) is 1. The predicted molar refractivity (Wildman–Crippen MR) is 119 cm³/mol. The number of carbonyl (C=O) groups is 1. The minimum Gasteiger partial charge on any atom is -0.378 e. The van der Waals surface area contributed by atoms with Crippen LogP contribution in [0, 0.1) is 5.92 Å². The van der Waals surface area contributed by atoms with Crippen molar-refractivity contribution in [1.29, 1.82) is 0 Å². The van der Waals surface area contributed by atoms with Gasteiger partial charge in [0.1, 0.15) is 0 Å². The number of ether oxygens (including phenoxy) is 1. The lowest BCUT2D eigenvalue weighted by molar-refractivity contribution is -0.136. The van der Waals surface area contributed by atoms with Crippen LogP contribution in [0.1, 0.15) is 51.1 Å². The second-order valence-electron chi connectivity index (χ2n) is 8.27. The molecule has 0 N–H and O–H groups in total. The van der Waals surface area contributed by atoms with E-state index in [0.29, 0.717) is 19.1 Å². The first-order valence-corrected chi connectivity index (χ1v) is 11.5. The standard InChI is InChI=1S/C23H32N6O2/c1-3-17(4-2)22(30)28-9-5-18(6-10-28)21-19(20-16-24-7-8-25-20)15-26-23(27-21)29-11-13-31-14-12-29/h7-8,15-18H,3-6,9-14H2,1-2H3. The highest BCUT2D eigenvalue weighted by Crippen LogP contribution is 2.34. The van der Waals surface area contributed by atoms with E-state index in [0.717, 1.165) is 74.8 Å². The van der Waals surface area contributed by atoms with Gasteiger partial charge in [-0.25, -0.2) is 9.97 Å². The van der Waals surface area contributed by atoms with E-state index in [9.17, 15) is 4.79 Å². The van der Waals surface area contributed by atoms with Gasteiger partial charge in [-0.05, 0) is 25.7 Å². The lowest BCUT2D eigenvalue weighted by Gasteiger charge is -2.35. The minimum absolute atomic E-state index is 0.138. The fraction of sp³-hybridized carbons (Fsp3) is 0.609. The Kier molecular flexibility index (Phi) is 7.06. The van der Waals surface area contributed by atoms with Crippen LogP contribution in [0.3, 0.4) is 0 Å². The summed E-state index contributed by atoms with van der Waals surface area (Å²) >= 11 is 0. The topological polar surface area (TPSA) is 84.3 Å². The molecule has 2 aliphatic heterocycles. The Morgan fingerprint density at radius 3 is 2.45 bits per heavy atom. The Hall–Kier alpha value is -2.61. The van der Waals surface area contributed by atoms with E-state index in [1.54, 1.807) is 18.6 Å². The maximum absolute atomic E-state index is 12.8. The number of carbonyl (C=O) groups excluding carboxylic acids is 1. The summed E-state index contributed by atoms with van der Waals surface area (Å²) in [6.45, 7) is 8.73. The molecule has 2 fully saturated rings. The molecule has 0 aromatic carbocycles. The summed E-state index contributed by atoms with van der Waals surface area (Å²) < 4.78 is 5.48. The van der Waals surface area contributed by atoms with Crippen LogP contribution in [0.15, 0.2) is 24.8 Å². The van der Waals surface area contributed by atoms with Crippen LogP contribution >= 0.6 is 0 Å². The number of hydrogen-bond donors (Lipinski definition) is 0. The molecule has 0 saturated carbocycles. The smallest absolute Gasteiger partial charge is 0.225 e. The zero-order valence-corrected chi connectivity index (χ0v) is 18.5. The van der Waals surface area contributed by atoms with E-state index in [1.807, 2.05) is 11.1 Å². The number of morpholine rings is 1. The molecular weight excluding hydrogens is 392 g/mol. The first-order valence-electron chi connectivity index (χ1n) is 11.5. The molecule has 0 bridgehead atoms. The van der Waals surface area contributed by atoms with Crippen molar-refractivity contribution < 1.29 is 9.53 Å². The number of rotatable bonds is 6. The van der Waals surface area contributed by atoms with Crippen molar-refractivity contribution in [3.8, 4) is 11.3 Å².